The van der Waals surface area contributed by atoms with E-state index in [9.17, 15) is 4.39 Å². The lowest BCUT2D eigenvalue weighted by Crippen LogP contribution is -2.25. The van der Waals surface area contributed by atoms with E-state index in [0.717, 1.165) is 36.5 Å². The second kappa shape index (κ2) is 14.4. The van der Waals surface area contributed by atoms with Gasteiger partial charge < -0.3 is 0 Å². The zero-order chi connectivity index (χ0) is 23.3. The molecule has 180 valence electrons. The quantitative estimate of drug-likeness (QED) is 0.187. The third kappa shape index (κ3) is 9.11. The number of hydrogen-bond acceptors (Lipinski definition) is 1. The summed E-state index contributed by atoms with van der Waals surface area (Å²) in [6, 6.07) is 10.7. The van der Waals surface area contributed by atoms with Crippen molar-refractivity contribution in [1.82, 2.24) is 0 Å². The SMILES string of the molecule is CCc1ccc(CCCC[C@H]2CC[C@H](C3CCC(CC/C=C/C=C(\F)C#N)CC3)CC2)cc1. The zero-order valence-electron chi connectivity index (χ0n) is 20.8. The molecule has 0 bridgehead atoms. The summed E-state index contributed by atoms with van der Waals surface area (Å²) in [6.07, 6.45) is 25.2. The zero-order valence-corrected chi connectivity index (χ0v) is 20.8. The van der Waals surface area contributed by atoms with Gasteiger partial charge in [-0.05, 0) is 98.7 Å². The lowest BCUT2D eigenvalue weighted by atomic mass is 9.68. The van der Waals surface area contributed by atoms with Crippen LogP contribution in [0.2, 0.25) is 0 Å². The Morgan fingerprint density at radius 1 is 0.879 bits per heavy atom. The van der Waals surface area contributed by atoms with Crippen LogP contribution >= 0.6 is 0 Å². The van der Waals surface area contributed by atoms with Crippen molar-refractivity contribution >= 4 is 0 Å². The van der Waals surface area contributed by atoms with E-state index >= 15 is 0 Å². The largest absolute Gasteiger partial charge is 0.199 e. The summed E-state index contributed by atoms with van der Waals surface area (Å²) in [5, 5.41) is 8.42. The molecule has 3 rings (SSSR count). The number of hydrogen-bond donors (Lipinski definition) is 0. The number of benzene rings is 1. The summed E-state index contributed by atoms with van der Waals surface area (Å²) < 4.78 is 12.8. The van der Waals surface area contributed by atoms with Crippen molar-refractivity contribution in [1.29, 1.82) is 5.26 Å². The van der Waals surface area contributed by atoms with Gasteiger partial charge in [0.1, 0.15) is 6.07 Å². The van der Waals surface area contributed by atoms with E-state index in [1.165, 1.54) is 107 Å². The van der Waals surface area contributed by atoms with Gasteiger partial charge in [-0.3, -0.25) is 0 Å². The summed E-state index contributed by atoms with van der Waals surface area (Å²) >= 11 is 0. The topological polar surface area (TPSA) is 23.8 Å². The normalized spacial score (nSPS) is 26.4. The predicted octanol–water partition coefficient (Wildman–Crippen LogP) is 9.29. The van der Waals surface area contributed by atoms with Crippen molar-refractivity contribution in [2.45, 2.75) is 103 Å². The van der Waals surface area contributed by atoms with Crippen molar-refractivity contribution in [3.05, 3.63) is 59.4 Å². The number of nitriles is 1. The predicted molar refractivity (Wildman–Crippen MR) is 137 cm³/mol. The highest BCUT2D eigenvalue weighted by atomic mass is 19.1. The molecule has 33 heavy (non-hydrogen) atoms. The van der Waals surface area contributed by atoms with E-state index in [1.54, 1.807) is 6.08 Å². The smallest absolute Gasteiger partial charge is 0.195 e. The Morgan fingerprint density at radius 3 is 2.03 bits per heavy atom. The summed E-state index contributed by atoms with van der Waals surface area (Å²) in [5.74, 6) is 3.06. The molecule has 2 fully saturated rings. The van der Waals surface area contributed by atoms with E-state index in [1.807, 2.05) is 6.08 Å². The summed E-state index contributed by atoms with van der Waals surface area (Å²) in [7, 11) is 0. The van der Waals surface area contributed by atoms with Gasteiger partial charge in [-0.25, -0.2) is 0 Å². The minimum atomic E-state index is -0.709. The van der Waals surface area contributed by atoms with Crippen LogP contribution in [-0.4, -0.2) is 0 Å². The molecule has 0 N–H and O–H groups in total. The Bertz CT molecular complexity index is 768. The molecule has 0 saturated heterocycles. The number of aryl methyl sites for hydroxylation is 2. The Labute approximate surface area is 202 Å². The maximum absolute atomic E-state index is 12.8. The highest BCUT2D eigenvalue weighted by Crippen LogP contribution is 2.43. The Kier molecular flexibility index (Phi) is 11.2. The van der Waals surface area contributed by atoms with E-state index in [2.05, 4.69) is 31.2 Å². The van der Waals surface area contributed by atoms with Gasteiger partial charge in [0.15, 0.2) is 5.83 Å². The van der Waals surface area contributed by atoms with Gasteiger partial charge in [0.2, 0.25) is 0 Å². The average Bonchev–Trinajstić information content (AvgIpc) is 2.87. The van der Waals surface area contributed by atoms with Gasteiger partial charge in [-0.15, -0.1) is 0 Å². The van der Waals surface area contributed by atoms with Crippen LogP contribution in [0.4, 0.5) is 4.39 Å². The van der Waals surface area contributed by atoms with Crippen LogP contribution in [-0.2, 0) is 12.8 Å². The maximum atomic E-state index is 12.8. The lowest BCUT2D eigenvalue weighted by molar-refractivity contribution is 0.140. The van der Waals surface area contributed by atoms with Crippen molar-refractivity contribution in [3.63, 3.8) is 0 Å². The molecule has 2 heteroatoms. The summed E-state index contributed by atoms with van der Waals surface area (Å²) in [6.45, 7) is 2.22. The van der Waals surface area contributed by atoms with Gasteiger partial charge in [0.05, 0.1) is 0 Å². The molecule has 2 aliphatic rings. The molecule has 0 aliphatic heterocycles. The average molecular weight is 450 g/mol. The maximum Gasteiger partial charge on any atom is 0.199 e. The Hall–Kier alpha value is -1.88. The standard InChI is InChI=1S/C31H44FN/c1-2-25-12-14-26(15-13-25)9-6-7-10-28-18-22-30(23-19-28)29-20-16-27(17-21-29)8-4-3-5-11-31(32)24-33/h3,5,11-15,27-30H,2,4,6-10,16-23H2,1H3/b5-3+,31-11-/t27?,28-,29?,30-. The fourth-order valence-corrected chi connectivity index (χ4v) is 6.22. The van der Waals surface area contributed by atoms with Gasteiger partial charge in [0.25, 0.3) is 0 Å². The van der Waals surface area contributed by atoms with Gasteiger partial charge in [-0.1, -0.05) is 81.9 Å². The molecule has 2 saturated carbocycles. The highest BCUT2D eigenvalue weighted by Gasteiger charge is 2.30. The monoisotopic (exact) mass is 449 g/mol. The van der Waals surface area contributed by atoms with Crippen LogP contribution in [0.3, 0.4) is 0 Å². The van der Waals surface area contributed by atoms with Crippen LogP contribution in [0.15, 0.2) is 48.3 Å². The van der Waals surface area contributed by atoms with E-state index < -0.39 is 5.83 Å². The van der Waals surface area contributed by atoms with Crippen LogP contribution in [0.25, 0.3) is 0 Å². The van der Waals surface area contributed by atoms with Crippen molar-refractivity contribution in [2.24, 2.45) is 23.7 Å². The third-order valence-corrected chi connectivity index (χ3v) is 8.44. The first-order chi connectivity index (χ1) is 16.2. The highest BCUT2D eigenvalue weighted by molar-refractivity contribution is 5.22. The van der Waals surface area contributed by atoms with E-state index in [4.69, 9.17) is 5.26 Å². The molecule has 0 amide bonds. The third-order valence-electron chi connectivity index (χ3n) is 8.44. The van der Waals surface area contributed by atoms with Crippen molar-refractivity contribution < 1.29 is 4.39 Å². The van der Waals surface area contributed by atoms with Crippen LogP contribution in [0, 0.1) is 35.0 Å². The number of halogens is 1. The second-order valence-electron chi connectivity index (χ2n) is 10.6. The lowest BCUT2D eigenvalue weighted by Gasteiger charge is -2.38. The van der Waals surface area contributed by atoms with Gasteiger partial charge in [-0.2, -0.15) is 9.65 Å². The Morgan fingerprint density at radius 2 is 1.45 bits per heavy atom. The minimum Gasteiger partial charge on any atom is -0.195 e. The van der Waals surface area contributed by atoms with Crippen molar-refractivity contribution in [2.75, 3.05) is 0 Å². The first-order valence-electron chi connectivity index (χ1n) is 13.7. The summed E-state index contributed by atoms with van der Waals surface area (Å²) in [5.41, 5.74) is 2.95. The molecule has 2 aliphatic carbocycles. The van der Waals surface area contributed by atoms with Crippen LogP contribution in [0.5, 0.6) is 0 Å². The fraction of sp³-hybridized carbons (Fsp3) is 0.645. The van der Waals surface area contributed by atoms with Gasteiger partial charge in [0, 0.05) is 0 Å². The molecule has 0 atom stereocenters. The molecular weight excluding hydrogens is 405 g/mol. The number of unbranched alkanes of at least 4 members (excludes halogenated alkanes) is 1. The van der Waals surface area contributed by atoms with E-state index in [0.29, 0.717) is 0 Å². The summed E-state index contributed by atoms with van der Waals surface area (Å²) in [4.78, 5) is 0. The molecule has 0 radical (unpaired) electrons. The molecule has 0 heterocycles. The molecule has 0 spiro atoms. The fourth-order valence-electron chi connectivity index (χ4n) is 6.22. The molecule has 1 aromatic carbocycles. The molecule has 0 aromatic heterocycles. The minimum absolute atomic E-state index is 0.709. The first-order valence-corrected chi connectivity index (χ1v) is 13.7. The molecule has 1 nitrogen and oxygen atoms in total. The number of allylic oxidation sites excluding steroid dienone is 4. The molecule has 0 unspecified atom stereocenters. The Balaban J connectivity index is 1.24. The van der Waals surface area contributed by atoms with Gasteiger partial charge >= 0.3 is 0 Å². The molecule has 1 aromatic rings. The molecular formula is C31H44FN. The first kappa shape index (κ1) is 25.7. The van der Waals surface area contributed by atoms with Crippen LogP contribution in [0.1, 0.15) is 102 Å². The second-order valence-corrected chi connectivity index (χ2v) is 10.6. The van der Waals surface area contributed by atoms with Crippen molar-refractivity contribution in [3.8, 4) is 6.07 Å². The van der Waals surface area contributed by atoms with E-state index in [-0.39, 0.29) is 0 Å². The number of nitrogens with zero attached hydrogens (tertiary/aromatic N) is 1. The van der Waals surface area contributed by atoms with Crippen LogP contribution < -0.4 is 0 Å². The number of rotatable bonds is 11.